The number of benzene rings is 1. The van der Waals surface area contributed by atoms with Gasteiger partial charge in [-0.15, -0.1) is 0 Å². The van der Waals surface area contributed by atoms with Crippen LogP contribution in [0.25, 0.3) is 0 Å². The minimum Gasteiger partial charge on any atom is -0.512 e. The first-order chi connectivity index (χ1) is 12.3. The number of aliphatic hydroxyl groups is 1. The van der Waals surface area contributed by atoms with Crippen molar-refractivity contribution in [3.05, 3.63) is 73.6 Å². The molecule has 1 heterocycles. The molecule has 0 saturated carbocycles. The molecule has 1 aliphatic carbocycles. The van der Waals surface area contributed by atoms with Crippen LogP contribution in [0.3, 0.4) is 0 Å². The first kappa shape index (κ1) is 17.7. The van der Waals surface area contributed by atoms with E-state index in [0.717, 1.165) is 4.57 Å². The second kappa shape index (κ2) is 6.67. The maximum Gasteiger partial charge on any atom is 0.332 e. The van der Waals surface area contributed by atoms with Crippen LogP contribution in [0.15, 0.2) is 51.3 Å². The zero-order valence-electron chi connectivity index (χ0n) is 14.7. The van der Waals surface area contributed by atoms with Gasteiger partial charge in [-0.3, -0.25) is 18.7 Å². The normalized spacial score (nSPS) is 16.0. The van der Waals surface area contributed by atoms with Crippen LogP contribution in [-0.2, 0) is 18.9 Å². The molecule has 2 aromatic rings. The van der Waals surface area contributed by atoms with Crippen molar-refractivity contribution < 1.29 is 9.90 Å². The third-order valence-corrected chi connectivity index (χ3v) is 4.89. The summed E-state index contributed by atoms with van der Waals surface area (Å²) in [6, 6.07) is 8.94. The highest BCUT2D eigenvalue weighted by Gasteiger charge is 2.34. The van der Waals surface area contributed by atoms with E-state index in [-0.39, 0.29) is 28.5 Å². The van der Waals surface area contributed by atoms with E-state index in [1.165, 1.54) is 18.7 Å². The number of rotatable bonds is 3. The number of nitrogen functional groups attached to an aromatic ring is 1. The molecule has 7 heteroatoms. The Labute approximate surface area is 150 Å². The molecule has 0 fully saturated rings. The maximum absolute atomic E-state index is 12.9. The Balaban J connectivity index is 2.40. The quantitative estimate of drug-likeness (QED) is 0.864. The summed E-state index contributed by atoms with van der Waals surface area (Å²) in [4.78, 5) is 37.6. The number of carbonyl (C=O) groups is 1. The summed E-state index contributed by atoms with van der Waals surface area (Å²) >= 11 is 0. The van der Waals surface area contributed by atoms with Gasteiger partial charge in [-0.2, -0.15) is 0 Å². The van der Waals surface area contributed by atoms with E-state index in [4.69, 9.17) is 5.73 Å². The van der Waals surface area contributed by atoms with Crippen LogP contribution in [0.2, 0.25) is 0 Å². The van der Waals surface area contributed by atoms with Crippen LogP contribution in [-0.4, -0.2) is 20.0 Å². The Morgan fingerprint density at radius 1 is 1.04 bits per heavy atom. The van der Waals surface area contributed by atoms with Crippen molar-refractivity contribution in [3.63, 3.8) is 0 Å². The second-order valence-electron chi connectivity index (χ2n) is 6.49. The number of carbonyl (C=O) groups excluding carboxylic acids is 1. The Hall–Kier alpha value is -3.09. The molecule has 1 unspecified atom stereocenters. The largest absolute Gasteiger partial charge is 0.512 e. The minimum absolute atomic E-state index is 0.00868. The lowest BCUT2D eigenvalue weighted by molar-refractivity contribution is -0.116. The third kappa shape index (κ3) is 2.75. The van der Waals surface area contributed by atoms with Gasteiger partial charge in [0.05, 0.1) is 11.3 Å². The number of nitrogens with zero attached hydrogens (tertiary/aromatic N) is 2. The first-order valence-electron chi connectivity index (χ1n) is 8.40. The van der Waals surface area contributed by atoms with Crippen molar-refractivity contribution in [2.24, 2.45) is 14.1 Å². The zero-order valence-corrected chi connectivity index (χ0v) is 14.7. The predicted molar refractivity (Wildman–Crippen MR) is 98.1 cm³/mol. The van der Waals surface area contributed by atoms with Crippen LogP contribution in [0, 0.1) is 0 Å². The highest BCUT2D eigenvalue weighted by molar-refractivity contribution is 5.99. The van der Waals surface area contributed by atoms with Crippen LogP contribution < -0.4 is 17.0 Å². The molecular weight excluding hydrogens is 334 g/mol. The standard InChI is InChI=1S/C19H21N3O4/c1-21-17(20)16(18(25)22(2)19(21)26)14(11-7-4-3-5-8-11)15-12(23)9-6-10-13(15)24/h3-5,7-8,14,23H,6,9-10,20H2,1-2H3. The van der Waals surface area contributed by atoms with Gasteiger partial charge in [0.15, 0.2) is 5.78 Å². The smallest absolute Gasteiger partial charge is 0.332 e. The molecule has 3 rings (SSSR count). The summed E-state index contributed by atoms with van der Waals surface area (Å²) in [5, 5.41) is 10.4. The van der Waals surface area contributed by atoms with Gasteiger partial charge in [0.1, 0.15) is 5.82 Å². The SMILES string of the molecule is Cn1c(N)c(C(C2=C(O)CCCC2=O)c2ccccc2)c(=O)n(C)c1=O. The fourth-order valence-electron chi connectivity index (χ4n) is 3.45. The van der Waals surface area contributed by atoms with Crippen molar-refractivity contribution in [1.29, 1.82) is 0 Å². The van der Waals surface area contributed by atoms with Crippen LogP contribution in [0.5, 0.6) is 0 Å². The highest BCUT2D eigenvalue weighted by atomic mass is 16.3. The van der Waals surface area contributed by atoms with E-state index in [1.54, 1.807) is 24.3 Å². The van der Waals surface area contributed by atoms with Crippen molar-refractivity contribution >= 4 is 11.6 Å². The van der Waals surface area contributed by atoms with E-state index < -0.39 is 17.2 Å². The van der Waals surface area contributed by atoms with E-state index in [9.17, 15) is 19.5 Å². The third-order valence-electron chi connectivity index (χ3n) is 4.89. The van der Waals surface area contributed by atoms with Gasteiger partial charge < -0.3 is 10.8 Å². The fraction of sp³-hybridized carbons (Fsp3) is 0.316. The van der Waals surface area contributed by atoms with Gasteiger partial charge in [-0.05, 0) is 12.0 Å². The molecule has 0 amide bonds. The lowest BCUT2D eigenvalue weighted by atomic mass is 9.79. The Morgan fingerprint density at radius 2 is 1.69 bits per heavy atom. The van der Waals surface area contributed by atoms with Crippen LogP contribution >= 0.6 is 0 Å². The topological polar surface area (TPSA) is 107 Å². The van der Waals surface area contributed by atoms with Gasteiger partial charge >= 0.3 is 5.69 Å². The molecule has 136 valence electrons. The fourth-order valence-corrected chi connectivity index (χ4v) is 3.45. The number of aliphatic hydroxyl groups excluding tert-OH is 1. The van der Waals surface area contributed by atoms with Gasteiger partial charge in [-0.1, -0.05) is 30.3 Å². The number of anilines is 1. The molecule has 3 N–H and O–H groups in total. The lowest BCUT2D eigenvalue weighted by Gasteiger charge is -2.26. The van der Waals surface area contributed by atoms with E-state index in [1.807, 2.05) is 6.07 Å². The van der Waals surface area contributed by atoms with Gasteiger partial charge in [-0.25, -0.2) is 4.79 Å². The molecule has 0 bridgehead atoms. The van der Waals surface area contributed by atoms with Crippen LogP contribution in [0.1, 0.15) is 36.3 Å². The number of Topliss-reactive ketones (excluding diaryl/α,β-unsaturated/α-hetero) is 1. The Kier molecular flexibility index (Phi) is 4.54. The Bertz CT molecular complexity index is 1020. The molecule has 1 aliphatic rings. The summed E-state index contributed by atoms with van der Waals surface area (Å²) in [6.45, 7) is 0. The molecule has 1 atom stereocenters. The van der Waals surface area contributed by atoms with Gasteiger partial charge in [0.25, 0.3) is 5.56 Å². The van der Waals surface area contributed by atoms with Crippen molar-refractivity contribution in [1.82, 2.24) is 9.13 Å². The highest BCUT2D eigenvalue weighted by Crippen LogP contribution is 2.38. The predicted octanol–water partition coefficient (Wildman–Crippen LogP) is 1.36. The number of allylic oxidation sites excluding steroid dienone is 2. The minimum atomic E-state index is -0.825. The summed E-state index contributed by atoms with van der Waals surface area (Å²) in [6.07, 6.45) is 1.24. The number of hydrogen-bond acceptors (Lipinski definition) is 5. The molecule has 0 radical (unpaired) electrons. The number of hydrogen-bond donors (Lipinski definition) is 2. The van der Waals surface area contributed by atoms with Crippen molar-refractivity contribution in [3.8, 4) is 0 Å². The maximum atomic E-state index is 12.9. The molecule has 7 nitrogen and oxygen atoms in total. The Morgan fingerprint density at radius 3 is 2.31 bits per heavy atom. The summed E-state index contributed by atoms with van der Waals surface area (Å²) in [5.74, 6) is -1.07. The van der Waals surface area contributed by atoms with Crippen molar-refractivity contribution in [2.75, 3.05) is 5.73 Å². The summed E-state index contributed by atoms with van der Waals surface area (Å²) in [7, 11) is 2.84. The van der Waals surface area contributed by atoms with Gasteiger partial charge in [0.2, 0.25) is 0 Å². The molecule has 0 spiro atoms. The van der Waals surface area contributed by atoms with Gasteiger partial charge in [0, 0.05) is 38.4 Å². The number of aromatic nitrogens is 2. The first-order valence-corrected chi connectivity index (χ1v) is 8.40. The monoisotopic (exact) mass is 355 g/mol. The zero-order chi connectivity index (χ0) is 19.0. The van der Waals surface area contributed by atoms with E-state index >= 15 is 0 Å². The average molecular weight is 355 g/mol. The second-order valence-corrected chi connectivity index (χ2v) is 6.49. The average Bonchev–Trinajstić information content (AvgIpc) is 2.64. The summed E-state index contributed by atoms with van der Waals surface area (Å²) in [5.41, 5.74) is 5.97. The number of ketones is 1. The van der Waals surface area contributed by atoms with E-state index in [2.05, 4.69) is 0 Å². The lowest BCUT2D eigenvalue weighted by Crippen LogP contribution is -2.42. The molecule has 0 saturated heterocycles. The molecule has 1 aromatic carbocycles. The molecule has 26 heavy (non-hydrogen) atoms. The van der Waals surface area contributed by atoms with Crippen LogP contribution in [0.4, 0.5) is 5.82 Å². The molecule has 1 aromatic heterocycles. The number of nitrogens with two attached hydrogens (primary N) is 1. The van der Waals surface area contributed by atoms with E-state index in [0.29, 0.717) is 24.8 Å². The van der Waals surface area contributed by atoms with Crippen molar-refractivity contribution in [2.45, 2.75) is 25.2 Å². The molecular formula is C19H21N3O4. The summed E-state index contributed by atoms with van der Waals surface area (Å²) < 4.78 is 2.14. The molecule has 0 aliphatic heterocycles.